The molecule has 0 aliphatic carbocycles. The average molecular weight is 321 g/mol. The third-order valence-corrected chi connectivity index (χ3v) is 4.93. The van der Waals surface area contributed by atoms with Crippen molar-refractivity contribution in [1.82, 2.24) is 4.90 Å². The molecular weight excluding hydrogens is 298 g/mol. The Bertz CT molecular complexity index is 773. The van der Waals surface area contributed by atoms with Gasteiger partial charge in [0.1, 0.15) is 17.1 Å². The van der Waals surface area contributed by atoms with E-state index in [9.17, 15) is 0 Å². The number of fused-ring (bicyclic) bond motifs is 1. The second-order valence-corrected chi connectivity index (χ2v) is 6.52. The second kappa shape index (κ2) is 6.70. The average Bonchev–Trinajstić information content (AvgIpc) is 3.07. The Morgan fingerprint density at radius 3 is 2.71 bits per heavy atom. The number of methoxy groups -OCH3 is 1. The number of hydrogen-bond acceptors (Lipinski definition) is 3. The number of furan rings is 1. The summed E-state index contributed by atoms with van der Waals surface area (Å²) in [6, 6.07) is 19.2. The molecular formula is C21H23NO2. The number of rotatable bonds is 4. The molecule has 1 aromatic heterocycles. The normalized spacial score (nSPS) is 18.8. The van der Waals surface area contributed by atoms with Crippen LogP contribution in [0, 0.1) is 0 Å². The van der Waals surface area contributed by atoms with Crippen LogP contribution in [0.5, 0.6) is 5.75 Å². The standard InChI is InChI=1S/C21H23NO2/c1-23-18-11-9-16(10-12-18)15-22-13-5-4-7-19(22)21-14-17-6-2-3-8-20(17)24-21/h2-3,6,8-12,14,19H,4-5,7,13,15H2,1H3. The van der Waals surface area contributed by atoms with Gasteiger partial charge in [0.25, 0.3) is 0 Å². The Labute approximate surface area is 142 Å². The van der Waals surface area contributed by atoms with Gasteiger partial charge in [0.2, 0.25) is 0 Å². The molecule has 3 nitrogen and oxygen atoms in total. The fraction of sp³-hybridized carbons (Fsp3) is 0.333. The lowest BCUT2D eigenvalue weighted by atomic mass is 9.99. The summed E-state index contributed by atoms with van der Waals surface area (Å²) >= 11 is 0. The first-order valence-corrected chi connectivity index (χ1v) is 8.69. The van der Waals surface area contributed by atoms with Gasteiger partial charge in [-0.25, -0.2) is 0 Å². The van der Waals surface area contributed by atoms with Gasteiger partial charge in [0.05, 0.1) is 13.2 Å². The zero-order valence-electron chi connectivity index (χ0n) is 14.1. The SMILES string of the molecule is COc1ccc(CN2CCCCC2c2cc3ccccc3o2)cc1. The Hall–Kier alpha value is -2.26. The number of hydrogen-bond donors (Lipinski definition) is 0. The molecule has 3 heteroatoms. The van der Waals surface area contributed by atoms with Crippen molar-refractivity contribution in [1.29, 1.82) is 0 Å². The van der Waals surface area contributed by atoms with Crippen molar-refractivity contribution in [3.8, 4) is 5.75 Å². The molecule has 0 spiro atoms. The number of para-hydroxylation sites is 1. The van der Waals surface area contributed by atoms with Crippen LogP contribution in [0.1, 0.15) is 36.6 Å². The summed E-state index contributed by atoms with van der Waals surface area (Å²) in [5, 5.41) is 1.20. The van der Waals surface area contributed by atoms with Crippen LogP contribution in [0.15, 0.2) is 59.0 Å². The van der Waals surface area contributed by atoms with Crippen LogP contribution in [0.4, 0.5) is 0 Å². The Balaban J connectivity index is 1.57. The number of nitrogens with zero attached hydrogens (tertiary/aromatic N) is 1. The molecule has 1 unspecified atom stereocenters. The van der Waals surface area contributed by atoms with Crippen LogP contribution >= 0.6 is 0 Å². The van der Waals surface area contributed by atoms with E-state index in [0.29, 0.717) is 6.04 Å². The Morgan fingerprint density at radius 2 is 1.92 bits per heavy atom. The summed E-state index contributed by atoms with van der Waals surface area (Å²) < 4.78 is 11.4. The molecule has 2 aromatic carbocycles. The summed E-state index contributed by atoms with van der Waals surface area (Å²) in [6.07, 6.45) is 3.68. The maximum atomic E-state index is 6.15. The largest absolute Gasteiger partial charge is 0.497 e. The highest BCUT2D eigenvalue weighted by Gasteiger charge is 2.26. The molecule has 24 heavy (non-hydrogen) atoms. The van der Waals surface area contributed by atoms with Crippen LogP contribution in [-0.2, 0) is 6.54 Å². The van der Waals surface area contributed by atoms with Crippen LogP contribution in [0.3, 0.4) is 0 Å². The predicted octanol–water partition coefficient (Wildman–Crippen LogP) is 5.17. The smallest absolute Gasteiger partial charge is 0.134 e. The Morgan fingerprint density at radius 1 is 1.08 bits per heavy atom. The first-order chi connectivity index (χ1) is 11.8. The number of ether oxygens (including phenoxy) is 1. The molecule has 0 radical (unpaired) electrons. The topological polar surface area (TPSA) is 25.6 Å². The van der Waals surface area contributed by atoms with Gasteiger partial charge in [0, 0.05) is 11.9 Å². The third kappa shape index (κ3) is 3.04. The van der Waals surface area contributed by atoms with E-state index in [2.05, 4.69) is 41.3 Å². The molecule has 2 heterocycles. The molecule has 0 bridgehead atoms. The maximum Gasteiger partial charge on any atom is 0.134 e. The first-order valence-electron chi connectivity index (χ1n) is 8.69. The van der Waals surface area contributed by atoms with Crippen molar-refractivity contribution in [2.24, 2.45) is 0 Å². The van der Waals surface area contributed by atoms with Crippen LogP contribution in [0.2, 0.25) is 0 Å². The van der Waals surface area contributed by atoms with Crippen molar-refractivity contribution in [2.45, 2.75) is 31.8 Å². The summed E-state index contributed by atoms with van der Waals surface area (Å²) in [5.74, 6) is 2.01. The molecule has 1 aliphatic rings. The molecule has 0 N–H and O–H groups in total. The molecule has 1 fully saturated rings. The van der Waals surface area contributed by atoms with Gasteiger partial charge in [-0.1, -0.05) is 36.8 Å². The van der Waals surface area contributed by atoms with Crippen molar-refractivity contribution < 1.29 is 9.15 Å². The zero-order chi connectivity index (χ0) is 16.4. The monoisotopic (exact) mass is 321 g/mol. The molecule has 4 rings (SSSR count). The molecule has 1 atom stereocenters. The van der Waals surface area contributed by atoms with Crippen molar-refractivity contribution >= 4 is 11.0 Å². The van der Waals surface area contributed by atoms with Gasteiger partial charge in [-0.2, -0.15) is 0 Å². The molecule has 3 aromatic rings. The van der Waals surface area contributed by atoms with Crippen LogP contribution in [0.25, 0.3) is 11.0 Å². The first kappa shape index (κ1) is 15.3. The van der Waals surface area contributed by atoms with Crippen LogP contribution < -0.4 is 4.74 Å². The summed E-state index contributed by atoms with van der Waals surface area (Å²) in [6.45, 7) is 2.07. The van der Waals surface area contributed by atoms with E-state index in [0.717, 1.165) is 36.6 Å². The third-order valence-electron chi connectivity index (χ3n) is 4.93. The lowest BCUT2D eigenvalue weighted by Crippen LogP contribution is -2.32. The Kier molecular flexibility index (Phi) is 4.26. The fourth-order valence-electron chi connectivity index (χ4n) is 3.63. The number of likely N-dealkylation sites (tertiary alicyclic amines) is 1. The van der Waals surface area contributed by atoms with Gasteiger partial charge >= 0.3 is 0 Å². The number of piperidine rings is 1. The minimum atomic E-state index is 0.369. The highest BCUT2D eigenvalue weighted by Crippen LogP contribution is 2.35. The molecule has 0 amide bonds. The maximum absolute atomic E-state index is 6.15. The van der Waals surface area contributed by atoms with E-state index < -0.39 is 0 Å². The highest BCUT2D eigenvalue weighted by molar-refractivity contribution is 5.77. The van der Waals surface area contributed by atoms with E-state index in [4.69, 9.17) is 9.15 Å². The van der Waals surface area contributed by atoms with Crippen molar-refractivity contribution in [3.05, 3.63) is 65.9 Å². The molecule has 1 saturated heterocycles. The van der Waals surface area contributed by atoms with Gasteiger partial charge < -0.3 is 9.15 Å². The lowest BCUT2D eigenvalue weighted by Gasteiger charge is -2.34. The van der Waals surface area contributed by atoms with Gasteiger partial charge in [0.15, 0.2) is 0 Å². The fourth-order valence-corrected chi connectivity index (χ4v) is 3.63. The minimum Gasteiger partial charge on any atom is -0.497 e. The van der Waals surface area contributed by atoms with E-state index in [1.54, 1.807) is 7.11 Å². The lowest BCUT2D eigenvalue weighted by molar-refractivity contribution is 0.123. The van der Waals surface area contributed by atoms with Gasteiger partial charge in [-0.05, 0) is 49.2 Å². The van der Waals surface area contributed by atoms with E-state index in [-0.39, 0.29) is 0 Å². The van der Waals surface area contributed by atoms with Gasteiger partial charge in [-0.15, -0.1) is 0 Å². The van der Waals surface area contributed by atoms with E-state index in [1.807, 2.05) is 18.2 Å². The quantitative estimate of drug-likeness (QED) is 0.663. The van der Waals surface area contributed by atoms with E-state index in [1.165, 1.54) is 23.8 Å². The molecule has 0 saturated carbocycles. The zero-order valence-corrected chi connectivity index (χ0v) is 14.1. The summed E-state index contributed by atoms with van der Waals surface area (Å²) in [5.41, 5.74) is 2.31. The summed E-state index contributed by atoms with van der Waals surface area (Å²) in [7, 11) is 1.71. The predicted molar refractivity (Wildman–Crippen MR) is 96.2 cm³/mol. The van der Waals surface area contributed by atoms with E-state index >= 15 is 0 Å². The number of benzene rings is 2. The highest BCUT2D eigenvalue weighted by atomic mass is 16.5. The molecule has 124 valence electrons. The van der Waals surface area contributed by atoms with Gasteiger partial charge in [-0.3, -0.25) is 4.90 Å². The molecule has 1 aliphatic heterocycles. The minimum absolute atomic E-state index is 0.369. The van der Waals surface area contributed by atoms with Crippen LogP contribution in [-0.4, -0.2) is 18.6 Å². The second-order valence-electron chi connectivity index (χ2n) is 6.52. The van der Waals surface area contributed by atoms with Crippen molar-refractivity contribution in [3.63, 3.8) is 0 Å². The van der Waals surface area contributed by atoms with Crippen molar-refractivity contribution in [2.75, 3.05) is 13.7 Å². The summed E-state index contributed by atoms with van der Waals surface area (Å²) in [4.78, 5) is 2.54.